The topological polar surface area (TPSA) is 40.1 Å². The molecule has 0 saturated heterocycles. The fraction of sp³-hybridized carbons (Fsp3) is 0.333. The molecule has 0 spiro atoms. The zero-order valence-corrected chi connectivity index (χ0v) is 11.2. The zero-order valence-electron chi connectivity index (χ0n) is 8.41. The molecule has 0 aromatic heterocycles. The van der Waals surface area contributed by atoms with Crippen molar-refractivity contribution in [2.24, 2.45) is 0 Å². The summed E-state index contributed by atoms with van der Waals surface area (Å²) in [6, 6.07) is 3.95. The van der Waals surface area contributed by atoms with Crippen LogP contribution in [0, 0.1) is 5.82 Å². The van der Waals surface area contributed by atoms with Crippen molar-refractivity contribution >= 4 is 11.1 Å². The van der Waals surface area contributed by atoms with Crippen LogP contribution in [0.1, 0.15) is 25.3 Å². The molecule has 0 heterocycles. The van der Waals surface area contributed by atoms with Gasteiger partial charge in [0.2, 0.25) is 0 Å². The van der Waals surface area contributed by atoms with Gasteiger partial charge in [-0.1, -0.05) is 19.9 Å². The average Bonchev–Trinajstić information content (AvgIpc) is 2.03. The summed E-state index contributed by atoms with van der Waals surface area (Å²) in [7, 11) is 0. The predicted molar refractivity (Wildman–Crippen MR) is 47.7 cm³/mol. The first-order valence-electron chi connectivity index (χ1n) is 3.91. The molecule has 72 valence electrons. The molecular formula is C9H10FNaO2S. The van der Waals surface area contributed by atoms with Crippen molar-refractivity contribution in [3.8, 4) is 0 Å². The van der Waals surface area contributed by atoms with Gasteiger partial charge >= 0.3 is 29.6 Å². The van der Waals surface area contributed by atoms with E-state index in [0.717, 1.165) is 6.07 Å². The molecule has 1 aromatic rings. The van der Waals surface area contributed by atoms with E-state index in [-0.39, 0.29) is 40.4 Å². The van der Waals surface area contributed by atoms with E-state index in [0.29, 0.717) is 5.56 Å². The van der Waals surface area contributed by atoms with Crippen molar-refractivity contribution in [2.45, 2.75) is 24.7 Å². The Morgan fingerprint density at radius 3 is 2.36 bits per heavy atom. The van der Waals surface area contributed by atoms with Gasteiger partial charge in [-0.25, -0.2) is 4.39 Å². The maximum Gasteiger partial charge on any atom is 1.00 e. The average molecular weight is 224 g/mol. The maximum atomic E-state index is 13.2. The van der Waals surface area contributed by atoms with Gasteiger partial charge in [-0.05, 0) is 34.7 Å². The Balaban J connectivity index is 0.00000169. The maximum absolute atomic E-state index is 13.2. The number of hydrogen-bond donors (Lipinski definition) is 0. The third-order valence-electron chi connectivity index (χ3n) is 1.79. The predicted octanol–water partition coefficient (Wildman–Crippen LogP) is -0.809. The van der Waals surface area contributed by atoms with Crippen LogP contribution in [0.5, 0.6) is 0 Å². The monoisotopic (exact) mass is 224 g/mol. The Morgan fingerprint density at radius 1 is 1.43 bits per heavy atom. The minimum Gasteiger partial charge on any atom is -0.768 e. The quantitative estimate of drug-likeness (QED) is 0.487. The van der Waals surface area contributed by atoms with Crippen LogP contribution < -0.4 is 29.6 Å². The molecule has 0 aliphatic rings. The van der Waals surface area contributed by atoms with Crippen LogP contribution in [-0.2, 0) is 11.1 Å². The normalized spacial score (nSPS) is 12.4. The van der Waals surface area contributed by atoms with Gasteiger partial charge in [0, 0.05) is 4.90 Å². The van der Waals surface area contributed by atoms with Crippen molar-refractivity contribution in [3.63, 3.8) is 0 Å². The Kier molecular flexibility index (Phi) is 6.09. The third kappa shape index (κ3) is 3.44. The van der Waals surface area contributed by atoms with Crippen LogP contribution >= 0.6 is 0 Å². The second kappa shape index (κ2) is 5.98. The standard InChI is InChI=1S/C9H11FO2S.Na/c1-6(2)8-4-3-7(13(11)12)5-9(8)10;/h3-6H,1-2H3,(H,11,12);/q;+1/p-1. The fourth-order valence-corrected chi connectivity index (χ4v) is 1.46. The van der Waals surface area contributed by atoms with Crippen molar-refractivity contribution in [1.29, 1.82) is 0 Å². The van der Waals surface area contributed by atoms with Crippen LogP contribution in [0.3, 0.4) is 0 Å². The van der Waals surface area contributed by atoms with Crippen LogP contribution in [0.2, 0.25) is 0 Å². The van der Waals surface area contributed by atoms with Gasteiger partial charge in [0.1, 0.15) is 5.82 Å². The zero-order chi connectivity index (χ0) is 10.0. The summed E-state index contributed by atoms with van der Waals surface area (Å²) >= 11 is -2.35. The summed E-state index contributed by atoms with van der Waals surface area (Å²) in [6.45, 7) is 3.71. The minimum atomic E-state index is -2.35. The minimum absolute atomic E-state index is 0. The molecule has 1 atom stereocenters. The number of halogens is 1. The molecule has 0 aliphatic heterocycles. The summed E-state index contributed by atoms with van der Waals surface area (Å²) in [5.74, 6) is -0.397. The van der Waals surface area contributed by atoms with E-state index >= 15 is 0 Å². The first kappa shape index (κ1) is 14.3. The Labute approximate surface area is 107 Å². The molecule has 0 saturated carbocycles. The summed E-state index contributed by atoms with van der Waals surface area (Å²) in [5.41, 5.74) is 0.536. The van der Waals surface area contributed by atoms with Gasteiger partial charge in [0.05, 0.1) is 0 Å². The smallest absolute Gasteiger partial charge is 0.768 e. The van der Waals surface area contributed by atoms with Gasteiger partial charge in [-0.2, -0.15) is 0 Å². The number of hydrogen-bond acceptors (Lipinski definition) is 2. The third-order valence-corrected chi connectivity index (χ3v) is 2.43. The van der Waals surface area contributed by atoms with Crippen molar-refractivity contribution in [1.82, 2.24) is 0 Å². The molecule has 0 N–H and O–H groups in total. The molecule has 1 aromatic carbocycles. The largest absolute Gasteiger partial charge is 1.00 e. The Hall–Kier alpha value is 0.260. The first-order valence-corrected chi connectivity index (χ1v) is 4.98. The number of benzene rings is 1. The fourth-order valence-electron chi connectivity index (χ4n) is 1.08. The first-order chi connectivity index (χ1) is 6.02. The Bertz CT molecular complexity index is 342. The summed E-state index contributed by atoms with van der Waals surface area (Å²) in [4.78, 5) is -0.0121. The van der Waals surface area contributed by atoms with E-state index in [1.165, 1.54) is 12.1 Å². The molecule has 0 bridgehead atoms. The second-order valence-corrected chi connectivity index (χ2v) is 4.01. The van der Waals surface area contributed by atoms with Crippen molar-refractivity contribution < 1.29 is 42.7 Å². The van der Waals surface area contributed by atoms with Crippen LogP contribution in [-0.4, -0.2) is 8.76 Å². The van der Waals surface area contributed by atoms with Gasteiger partial charge in [0.25, 0.3) is 0 Å². The van der Waals surface area contributed by atoms with Crippen molar-refractivity contribution in [3.05, 3.63) is 29.6 Å². The van der Waals surface area contributed by atoms with Gasteiger partial charge < -0.3 is 4.55 Å². The van der Waals surface area contributed by atoms with Crippen LogP contribution in [0.4, 0.5) is 4.39 Å². The molecule has 14 heavy (non-hydrogen) atoms. The molecule has 1 unspecified atom stereocenters. The Morgan fingerprint density at radius 2 is 2.00 bits per heavy atom. The second-order valence-electron chi connectivity index (χ2n) is 3.07. The SMILES string of the molecule is CC(C)c1ccc(S(=O)[O-])cc1F.[Na+]. The van der Waals surface area contributed by atoms with E-state index in [4.69, 9.17) is 0 Å². The summed E-state index contributed by atoms with van der Waals surface area (Å²) < 4.78 is 34.1. The van der Waals surface area contributed by atoms with Gasteiger partial charge in [-0.15, -0.1) is 0 Å². The molecule has 2 nitrogen and oxygen atoms in total. The molecule has 5 heteroatoms. The van der Waals surface area contributed by atoms with E-state index in [1.807, 2.05) is 13.8 Å². The molecule has 1 rings (SSSR count). The van der Waals surface area contributed by atoms with Gasteiger partial charge in [-0.3, -0.25) is 4.21 Å². The van der Waals surface area contributed by atoms with Gasteiger partial charge in [0.15, 0.2) is 0 Å². The summed E-state index contributed by atoms with van der Waals surface area (Å²) in [5, 5.41) is 0. The van der Waals surface area contributed by atoms with E-state index in [1.54, 1.807) is 0 Å². The van der Waals surface area contributed by atoms with E-state index in [9.17, 15) is 13.2 Å². The molecule has 0 amide bonds. The van der Waals surface area contributed by atoms with Crippen LogP contribution in [0.15, 0.2) is 23.1 Å². The van der Waals surface area contributed by atoms with Crippen LogP contribution in [0.25, 0.3) is 0 Å². The molecular weight excluding hydrogens is 214 g/mol. The molecule has 0 radical (unpaired) electrons. The number of rotatable bonds is 2. The molecule has 0 aliphatic carbocycles. The van der Waals surface area contributed by atoms with E-state index < -0.39 is 16.9 Å². The summed E-state index contributed by atoms with van der Waals surface area (Å²) in [6.07, 6.45) is 0. The van der Waals surface area contributed by atoms with Crippen molar-refractivity contribution in [2.75, 3.05) is 0 Å². The van der Waals surface area contributed by atoms with E-state index in [2.05, 4.69) is 0 Å². The molecule has 0 fully saturated rings.